The van der Waals surface area contributed by atoms with Crippen molar-refractivity contribution in [2.75, 3.05) is 0 Å². The Hall–Kier alpha value is -0.600. The van der Waals surface area contributed by atoms with Gasteiger partial charge < -0.3 is 0 Å². The van der Waals surface area contributed by atoms with E-state index in [1.807, 2.05) is 6.92 Å². The molecule has 0 N–H and O–H groups in total. The lowest BCUT2D eigenvalue weighted by Gasteiger charge is -2.10. The maximum absolute atomic E-state index is 11.4. The molecule has 2 nitrogen and oxygen atoms in total. The number of carbonyl (C=O) groups excluding carboxylic acids is 2. The molecule has 0 aromatic heterocycles. The molecule has 1 aliphatic rings. The fraction of sp³-hybridized carbons (Fsp3) is 0.333. The van der Waals surface area contributed by atoms with E-state index >= 15 is 0 Å². The molecule has 0 spiro atoms. The summed E-state index contributed by atoms with van der Waals surface area (Å²) < 4.78 is 0. The van der Waals surface area contributed by atoms with Crippen LogP contribution in [-0.2, 0) is 9.59 Å². The summed E-state index contributed by atoms with van der Waals surface area (Å²) >= 11 is 11.1. The molecular weight excluding hydrogens is 211 g/mol. The fourth-order valence-corrected chi connectivity index (χ4v) is 1.45. The first-order chi connectivity index (χ1) is 6.07. The van der Waals surface area contributed by atoms with Gasteiger partial charge in [-0.05, 0) is 12.5 Å². The van der Waals surface area contributed by atoms with Gasteiger partial charge in [0.1, 0.15) is 10.1 Å². The van der Waals surface area contributed by atoms with E-state index < -0.39 is 0 Å². The van der Waals surface area contributed by atoms with E-state index in [9.17, 15) is 9.59 Å². The van der Waals surface area contributed by atoms with Crippen LogP contribution in [0.25, 0.3) is 0 Å². The molecule has 0 fully saturated rings. The average Bonchev–Trinajstić information content (AvgIpc) is 2.11. The van der Waals surface area contributed by atoms with Crippen LogP contribution < -0.4 is 0 Å². The molecule has 0 aliphatic heterocycles. The highest BCUT2D eigenvalue weighted by molar-refractivity contribution is 6.58. The molecule has 0 saturated heterocycles. The molecule has 0 heterocycles. The largest absolute Gasteiger partial charge is 0.288 e. The molecule has 0 atom stereocenters. The predicted molar refractivity (Wildman–Crippen MR) is 51.7 cm³/mol. The first kappa shape index (κ1) is 10.5. The quantitative estimate of drug-likeness (QED) is 0.668. The van der Waals surface area contributed by atoms with Gasteiger partial charge in [-0.3, -0.25) is 9.59 Å². The van der Waals surface area contributed by atoms with Gasteiger partial charge in [0, 0.05) is 5.57 Å². The van der Waals surface area contributed by atoms with Crippen molar-refractivity contribution < 1.29 is 9.59 Å². The summed E-state index contributed by atoms with van der Waals surface area (Å²) in [5.41, 5.74) is 0.446. The summed E-state index contributed by atoms with van der Waals surface area (Å²) in [6.07, 6.45) is 2.62. The molecule has 0 saturated carbocycles. The number of rotatable bonds is 2. The number of carbonyl (C=O) groups is 2. The summed E-state index contributed by atoms with van der Waals surface area (Å²) in [6.45, 7) is 1.92. The molecule has 0 aromatic carbocycles. The normalized spacial score (nSPS) is 17.9. The lowest BCUT2D eigenvalue weighted by Crippen LogP contribution is -2.14. The standard InChI is InChI=1S/C9H8Cl2O2/c1-2-3-5-4-6(12)7(10)8(11)9(5)13/h4H,2-3H2,1H3. The number of hydrogen-bond donors (Lipinski definition) is 0. The third-order valence-electron chi connectivity index (χ3n) is 1.72. The Bertz CT molecular complexity index is 327. The van der Waals surface area contributed by atoms with Crippen molar-refractivity contribution in [1.82, 2.24) is 0 Å². The van der Waals surface area contributed by atoms with Gasteiger partial charge in [-0.15, -0.1) is 0 Å². The van der Waals surface area contributed by atoms with E-state index in [0.29, 0.717) is 12.0 Å². The molecule has 13 heavy (non-hydrogen) atoms. The summed E-state index contributed by atoms with van der Waals surface area (Å²) in [5, 5.41) is -0.330. The Morgan fingerprint density at radius 3 is 2.38 bits per heavy atom. The molecule has 0 aromatic rings. The Morgan fingerprint density at radius 1 is 1.23 bits per heavy atom. The highest BCUT2D eigenvalue weighted by Gasteiger charge is 2.25. The van der Waals surface area contributed by atoms with Crippen LogP contribution in [0.5, 0.6) is 0 Å². The Balaban J connectivity index is 3.01. The maximum Gasteiger partial charge on any atom is 0.202 e. The van der Waals surface area contributed by atoms with Gasteiger partial charge in [0.25, 0.3) is 0 Å². The van der Waals surface area contributed by atoms with Gasteiger partial charge in [0.05, 0.1) is 0 Å². The van der Waals surface area contributed by atoms with Crippen LogP contribution in [0.3, 0.4) is 0 Å². The van der Waals surface area contributed by atoms with Gasteiger partial charge in [-0.25, -0.2) is 0 Å². The monoisotopic (exact) mass is 218 g/mol. The zero-order valence-electron chi connectivity index (χ0n) is 7.06. The van der Waals surface area contributed by atoms with E-state index in [2.05, 4.69) is 0 Å². The van der Waals surface area contributed by atoms with E-state index in [1.165, 1.54) is 6.08 Å². The minimum atomic E-state index is -0.380. The van der Waals surface area contributed by atoms with E-state index in [0.717, 1.165) is 6.42 Å². The average molecular weight is 219 g/mol. The van der Waals surface area contributed by atoms with Crippen molar-refractivity contribution in [3.8, 4) is 0 Å². The first-order valence-corrected chi connectivity index (χ1v) is 4.68. The second-order valence-corrected chi connectivity index (χ2v) is 3.50. The lowest BCUT2D eigenvalue weighted by molar-refractivity contribution is -0.115. The number of halogens is 2. The number of hydrogen-bond acceptors (Lipinski definition) is 2. The van der Waals surface area contributed by atoms with Crippen LogP contribution in [-0.4, -0.2) is 11.6 Å². The van der Waals surface area contributed by atoms with E-state index in [-0.39, 0.29) is 21.6 Å². The minimum Gasteiger partial charge on any atom is -0.288 e. The Labute approximate surface area is 86.2 Å². The van der Waals surface area contributed by atoms with Gasteiger partial charge >= 0.3 is 0 Å². The SMILES string of the molecule is CCCC1=CC(=O)C(Cl)=C(Cl)C1=O. The molecule has 0 bridgehead atoms. The van der Waals surface area contributed by atoms with Crippen molar-refractivity contribution in [2.24, 2.45) is 0 Å². The molecule has 1 aliphatic carbocycles. The topological polar surface area (TPSA) is 34.1 Å². The second kappa shape index (κ2) is 4.07. The smallest absolute Gasteiger partial charge is 0.202 e. The van der Waals surface area contributed by atoms with Gasteiger partial charge in [-0.1, -0.05) is 36.5 Å². The Morgan fingerprint density at radius 2 is 1.85 bits per heavy atom. The first-order valence-electron chi connectivity index (χ1n) is 3.92. The molecule has 70 valence electrons. The van der Waals surface area contributed by atoms with Crippen LogP contribution in [0, 0.1) is 0 Å². The molecule has 0 amide bonds. The van der Waals surface area contributed by atoms with Crippen LogP contribution >= 0.6 is 23.2 Å². The van der Waals surface area contributed by atoms with Crippen molar-refractivity contribution in [2.45, 2.75) is 19.8 Å². The van der Waals surface area contributed by atoms with Crippen molar-refractivity contribution in [3.63, 3.8) is 0 Å². The molecule has 0 radical (unpaired) electrons. The van der Waals surface area contributed by atoms with E-state index in [1.54, 1.807) is 0 Å². The van der Waals surface area contributed by atoms with Gasteiger partial charge in [0.2, 0.25) is 5.78 Å². The number of Topliss-reactive ketones (excluding diaryl/α,β-unsaturated/α-hetero) is 1. The highest BCUT2D eigenvalue weighted by Crippen LogP contribution is 2.26. The van der Waals surface area contributed by atoms with Crippen LogP contribution in [0.15, 0.2) is 21.7 Å². The molecule has 1 rings (SSSR count). The summed E-state index contributed by atoms with van der Waals surface area (Å²) in [5.74, 6) is -0.706. The minimum absolute atomic E-state index is 0.155. The summed E-state index contributed by atoms with van der Waals surface area (Å²) in [7, 11) is 0. The summed E-state index contributed by atoms with van der Waals surface area (Å²) in [4.78, 5) is 22.5. The molecule has 0 unspecified atom stereocenters. The molecular formula is C9H8Cl2O2. The van der Waals surface area contributed by atoms with Crippen molar-refractivity contribution in [1.29, 1.82) is 0 Å². The number of allylic oxidation sites excluding steroid dienone is 4. The maximum atomic E-state index is 11.4. The predicted octanol–water partition coefficient (Wildman–Crippen LogP) is 2.55. The van der Waals surface area contributed by atoms with Crippen LogP contribution in [0.1, 0.15) is 19.8 Å². The zero-order valence-corrected chi connectivity index (χ0v) is 8.58. The Kier molecular flexibility index (Phi) is 3.28. The molecule has 4 heteroatoms. The summed E-state index contributed by atoms with van der Waals surface area (Å²) in [6, 6.07) is 0. The highest BCUT2D eigenvalue weighted by atomic mass is 35.5. The van der Waals surface area contributed by atoms with Gasteiger partial charge in [-0.2, -0.15) is 0 Å². The zero-order chi connectivity index (χ0) is 10.0. The third-order valence-corrected chi connectivity index (χ3v) is 2.56. The van der Waals surface area contributed by atoms with Crippen LogP contribution in [0.2, 0.25) is 0 Å². The van der Waals surface area contributed by atoms with Crippen molar-refractivity contribution >= 4 is 34.8 Å². The van der Waals surface area contributed by atoms with E-state index in [4.69, 9.17) is 23.2 Å². The lowest BCUT2D eigenvalue weighted by atomic mass is 9.99. The number of ketones is 2. The second-order valence-electron chi connectivity index (χ2n) is 2.74. The third kappa shape index (κ3) is 2.01. The fourth-order valence-electron chi connectivity index (χ4n) is 1.09. The van der Waals surface area contributed by atoms with Crippen molar-refractivity contribution in [3.05, 3.63) is 21.7 Å². The van der Waals surface area contributed by atoms with Crippen LogP contribution in [0.4, 0.5) is 0 Å². The van der Waals surface area contributed by atoms with Gasteiger partial charge in [0.15, 0.2) is 5.78 Å².